The van der Waals surface area contributed by atoms with Crippen molar-refractivity contribution in [3.63, 3.8) is 0 Å². The molecule has 0 unspecified atom stereocenters. The van der Waals surface area contributed by atoms with Crippen LogP contribution >= 0.6 is 0 Å². The summed E-state index contributed by atoms with van der Waals surface area (Å²) in [5, 5.41) is 8.55. The Bertz CT molecular complexity index is 1360. The second-order valence-electron chi connectivity index (χ2n) is 9.47. The zero-order valence-corrected chi connectivity index (χ0v) is 23.3. The minimum atomic E-state index is -0.488. The fraction of sp³-hybridized carbons (Fsp3) is 0.281. The summed E-state index contributed by atoms with van der Waals surface area (Å²) in [6.07, 6.45) is 5.99. The molecule has 0 spiro atoms. The van der Waals surface area contributed by atoms with Gasteiger partial charge in [0.1, 0.15) is 6.54 Å². The molecule has 0 bridgehead atoms. The van der Waals surface area contributed by atoms with E-state index in [1.165, 1.54) is 16.0 Å². The lowest BCUT2D eigenvalue weighted by Gasteiger charge is -2.21. The van der Waals surface area contributed by atoms with E-state index in [-0.39, 0.29) is 18.4 Å². The molecule has 0 aliphatic heterocycles. The first kappa shape index (κ1) is 29.3. The van der Waals surface area contributed by atoms with Crippen molar-refractivity contribution in [2.24, 2.45) is 11.7 Å². The number of H-pyrrole nitrogens is 1. The van der Waals surface area contributed by atoms with E-state index < -0.39 is 5.91 Å². The number of fused-ring (bicyclic) bond motifs is 1. The number of nitrogens with two attached hydrogens (primary N) is 1. The Morgan fingerprint density at radius 2 is 1.56 bits per heavy atom. The number of carbonyl (C=O) groups excluding carboxylic acids is 2. The second kappa shape index (κ2) is 14.6. The Balaban J connectivity index is 0.000000210. The van der Waals surface area contributed by atoms with Gasteiger partial charge in [0.25, 0.3) is 0 Å². The zero-order chi connectivity index (χ0) is 28.2. The number of amides is 2. The van der Waals surface area contributed by atoms with Crippen molar-refractivity contribution >= 4 is 40.6 Å². The standard InChI is InChI=1S/C18H19N3.C12H14N2O2.C2H6/c1-21(2)13-15-9-7-14(8-10-15)11-12-18-16-5-3-4-6-17(16)19-20-18;13-11(15)8-14(12(16)9-6-7-9)10-4-2-1-3-5-10;1-2/h3-12H,13H2,1-2H3,(H,19,20);1-5,9H,6-8H2,(H2,13,15);1-2H3/b12-11+;;. The van der Waals surface area contributed by atoms with Crippen LogP contribution in [0, 0.1) is 5.92 Å². The number of aromatic amines is 1. The summed E-state index contributed by atoms with van der Waals surface area (Å²) >= 11 is 0. The number of aromatic nitrogens is 2. The average Bonchev–Trinajstić information content (AvgIpc) is 3.73. The van der Waals surface area contributed by atoms with Gasteiger partial charge < -0.3 is 15.5 Å². The van der Waals surface area contributed by atoms with Gasteiger partial charge in [-0.3, -0.25) is 14.7 Å². The van der Waals surface area contributed by atoms with Gasteiger partial charge in [-0.1, -0.05) is 80.6 Å². The van der Waals surface area contributed by atoms with E-state index in [0.717, 1.165) is 41.7 Å². The average molecular weight is 526 g/mol. The summed E-state index contributed by atoms with van der Waals surface area (Å²) in [6.45, 7) is 4.92. The van der Waals surface area contributed by atoms with Gasteiger partial charge in [0.2, 0.25) is 11.8 Å². The number of nitrogens with zero attached hydrogens (tertiary/aromatic N) is 3. The number of primary amides is 1. The van der Waals surface area contributed by atoms with E-state index in [0.29, 0.717) is 0 Å². The van der Waals surface area contributed by atoms with Gasteiger partial charge in [0.05, 0.1) is 11.2 Å². The largest absolute Gasteiger partial charge is 0.368 e. The minimum Gasteiger partial charge on any atom is -0.368 e. The molecule has 7 nitrogen and oxygen atoms in total. The van der Waals surface area contributed by atoms with Crippen LogP contribution in [0.15, 0.2) is 78.9 Å². The topological polar surface area (TPSA) is 95.3 Å². The molecule has 0 atom stereocenters. The molecule has 1 saturated carbocycles. The molecule has 204 valence electrons. The number of para-hydroxylation sites is 2. The van der Waals surface area contributed by atoms with Crippen molar-refractivity contribution in [2.45, 2.75) is 33.2 Å². The van der Waals surface area contributed by atoms with Gasteiger partial charge in [0.15, 0.2) is 0 Å². The molecule has 1 fully saturated rings. The van der Waals surface area contributed by atoms with Gasteiger partial charge in [-0.25, -0.2) is 0 Å². The Kier molecular flexibility index (Phi) is 11.0. The van der Waals surface area contributed by atoms with E-state index in [2.05, 4.69) is 71.7 Å². The van der Waals surface area contributed by atoms with Gasteiger partial charge in [0, 0.05) is 23.5 Å². The normalized spacial score (nSPS) is 12.4. The number of hydrogen-bond donors (Lipinski definition) is 2. The summed E-state index contributed by atoms with van der Waals surface area (Å²) in [6, 6.07) is 25.9. The molecule has 39 heavy (non-hydrogen) atoms. The molecule has 1 aliphatic rings. The van der Waals surface area contributed by atoms with Crippen molar-refractivity contribution in [1.29, 1.82) is 0 Å². The summed E-state index contributed by atoms with van der Waals surface area (Å²) in [7, 11) is 4.16. The first-order valence-corrected chi connectivity index (χ1v) is 13.4. The fourth-order valence-electron chi connectivity index (χ4n) is 4.00. The Morgan fingerprint density at radius 1 is 0.923 bits per heavy atom. The second-order valence-corrected chi connectivity index (χ2v) is 9.47. The molecule has 4 aromatic rings. The zero-order valence-electron chi connectivity index (χ0n) is 23.3. The van der Waals surface area contributed by atoms with Crippen LogP contribution in [-0.2, 0) is 16.1 Å². The maximum absolute atomic E-state index is 12.0. The van der Waals surface area contributed by atoms with Crippen LogP contribution in [-0.4, -0.2) is 47.6 Å². The smallest absolute Gasteiger partial charge is 0.237 e. The van der Waals surface area contributed by atoms with E-state index in [4.69, 9.17) is 5.73 Å². The molecule has 1 aromatic heterocycles. The summed E-state index contributed by atoms with van der Waals surface area (Å²) in [5.74, 6) is -0.401. The maximum Gasteiger partial charge on any atom is 0.237 e. The number of carbonyl (C=O) groups is 2. The molecule has 3 N–H and O–H groups in total. The highest BCUT2D eigenvalue weighted by molar-refractivity contribution is 6.00. The van der Waals surface area contributed by atoms with Crippen LogP contribution in [0.5, 0.6) is 0 Å². The third kappa shape index (κ3) is 8.93. The third-order valence-corrected chi connectivity index (χ3v) is 5.99. The number of benzene rings is 3. The number of rotatable bonds is 8. The van der Waals surface area contributed by atoms with E-state index in [1.54, 1.807) is 0 Å². The van der Waals surface area contributed by atoms with Crippen molar-refractivity contribution in [3.8, 4) is 0 Å². The lowest BCUT2D eigenvalue weighted by atomic mass is 10.1. The van der Waals surface area contributed by atoms with Crippen LogP contribution < -0.4 is 10.6 Å². The molecule has 5 rings (SSSR count). The fourth-order valence-corrected chi connectivity index (χ4v) is 4.00. The molecule has 3 aromatic carbocycles. The van der Waals surface area contributed by atoms with Gasteiger partial charge in [-0.05, 0) is 62.3 Å². The quantitative estimate of drug-likeness (QED) is 0.307. The molecular weight excluding hydrogens is 486 g/mol. The van der Waals surface area contributed by atoms with E-state index in [1.807, 2.05) is 62.4 Å². The van der Waals surface area contributed by atoms with Crippen molar-refractivity contribution < 1.29 is 9.59 Å². The summed E-state index contributed by atoms with van der Waals surface area (Å²) in [4.78, 5) is 26.6. The van der Waals surface area contributed by atoms with Crippen LogP contribution in [0.3, 0.4) is 0 Å². The molecule has 2 amide bonds. The maximum atomic E-state index is 12.0. The van der Waals surface area contributed by atoms with Crippen LogP contribution in [0.2, 0.25) is 0 Å². The number of anilines is 1. The predicted octanol–water partition coefficient (Wildman–Crippen LogP) is 5.74. The molecule has 7 heteroatoms. The van der Waals surface area contributed by atoms with Gasteiger partial charge in [-0.15, -0.1) is 0 Å². The molecule has 1 aliphatic carbocycles. The molecule has 0 saturated heterocycles. The predicted molar refractivity (Wildman–Crippen MR) is 161 cm³/mol. The van der Waals surface area contributed by atoms with Crippen molar-refractivity contribution in [1.82, 2.24) is 15.1 Å². The monoisotopic (exact) mass is 525 g/mol. The van der Waals surface area contributed by atoms with Crippen LogP contribution in [0.1, 0.15) is 43.5 Å². The highest BCUT2D eigenvalue weighted by Gasteiger charge is 2.34. The number of hydrogen-bond acceptors (Lipinski definition) is 4. The molecular formula is C32H39N5O2. The Labute approximate surface area is 231 Å². The van der Waals surface area contributed by atoms with Crippen molar-refractivity contribution in [2.75, 3.05) is 25.5 Å². The van der Waals surface area contributed by atoms with Gasteiger partial charge >= 0.3 is 0 Å². The SMILES string of the molecule is CC.CN(C)Cc1ccc(/C=C/c2n[nH]c3ccccc23)cc1.NC(=O)CN(C(=O)C1CC1)c1ccccc1. The number of nitrogens with one attached hydrogen (secondary N) is 1. The third-order valence-electron chi connectivity index (χ3n) is 5.99. The molecule has 0 radical (unpaired) electrons. The Morgan fingerprint density at radius 3 is 2.18 bits per heavy atom. The highest BCUT2D eigenvalue weighted by Crippen LogP contribution is 2.32. The first-order valence-electron chi connectivity index (χ1n) is 13.4. The summed E-state index contributed by atoms with van der Waals surface area (Å²) < 4.78 is 0. The lowest BCUT2D eigenvalue weighted by molar-refractivity contribution is -0.123. The highest BCUT2D eigenvalue weighted by atomic mass is 16.2. The lowest BCUT2D eigenvalue weighted by Crippen LogP contribution is -2.39. The molecule has 1 heterocycles. The van der Waals surface area contributed by atoms with E-state index >= 15 is 0 Å². The summed E-state index contributed by atoms with van der Waals surface area (Å²) in [5.41, 5.74) is 10.4. The minimum absolute atomic E-state index is 0.00463. The van der Waals surface area contributed by atoms with Crippen LogP contribution in [0.25, 0.3) is 23.1 Å². The van der Waals surface area contributed by atoms with Crippen LogP contribution in [0.4, 0.5) is 5.69 Å². The first-order chi connectivity index (χ1) is 18.9. The van der Waals surface area contributed by atoms with Crippen molar-refractivity contribution in [3.05, 3.63) is 95.7 Å². The van der Waals surface area contributed by atoms with Gasteiger partial charge in [-0.2, -0.15) is 5.10 Å². The van der Waals surface area contributed by atoms with E-state index in [9.17, 15) is 9.59 Å². The Hall–Kier alpha value is -4.23.